The standard InChI is InChI=1S/C25H29N5O/c1-7-19(8-2)29-11-9-20-17(5)27-24-23(18(6)28-30(24)25(20)29)22-16(4)13-15(3)14-21(22)31-12-10-26/h9,11,13-14,19H,7-8,12H2,1-6H3. The fraction of sp³-hybridized carbons (Fsp3) is 0.400. The van der Waals surface area contributed by atoms with E-state index in [9.17, 15) is 0 Å². The van der Waals surface area contributed by atoms with E-state index in [1.54, 1.807) is 0 Å². The quantitative estimate of drug-likeness (QED) is 0.396. The van der Waals surface area contributed by atoms with Crippen LogP contribution in [0.5, 0.6) is 5.75 Å². The molecule has 0 amide bonds. The van der Waals surface area contributed by atoms with Crippen LogP contribution in [0.15, 0.2) is 24.4 Å². The predicted molar refractivity (Wildman–Crippen MR) is 124 cm³/mol. The van der Waals surface area contributed by atoms with Crippen molar-refractivity contribution in [1.82, 2.24) is 19.2 Å². The molecule has 0 unspecified atom stereocenters. The molecule has 0 saturated heterocycles. The fourth-order valence-electron chi connectivity index (χ4n) is 4.67. The maximum atomic E-state index is 9.07. The molecule has 0 aliphatic carbocycles. The van der Waals surface area contributed by atoms with E-state index in [1.165, 1.54) is 0 Å². The van der Waals surface area contributed by atoms with Gasteiger partial charge in [-0.1, -0.05) is 19.9 Å². The molecular weight excluding hydrogens is 386 g/mol. The van der Waals surface area contributed by atoms with Gasteiger partial charge in [0, 0.05) is 23.2 Å². The number of aryl methyl sites for hydroxylation is 4. The SMILES string of the molecule is CCC(CC)n1ccc2c(C)nc3c(-c4c(C)cc(C)cc4OCC#N)c(C)nn3c21. The summed E-state index contributed by atoms with van der Waals surface area (Å²) >= 11 is 0. The average molecular weight is 416 g/mol. The van der Waals surface area contributed by atoms with Crippen LogP contribution in [-0.4, -0.2) is 25.8 Å². The molecule has 4 aromatic rings. The Balaban J connectivity index is 2.08. The molecule has 0 N–H and O–H groups in total. The van der Waals surface area contributed by atoms with Crippen molar-refractivity contribution in [2.75, 3.05) is 6.61 Å². The van der Waals surface area contributed by atoms with Crippen molar-refractivity contribution >= 4 is 16.7 Å². The van der Waals surface area contributed by atoms with Crippen LogP contribution in [0.25, 0.3) is 27.8 Å². The smallest absolute Gasteiger partial charge is 0.174 e. The molecule has 6 heteroatoms. The van der Waals surface area contributed by atoms with Crippen LogP contribution in [0, 0.1) is 39.0 Å². The van der Waals surface area contributed by atoms with Gasteiger partial charge in [-0.05, 0) is 63.8 Å². The molecule has 0 spiro atoms. The van der Waals surface area contributed by atoms with Crippen LogP contribution in [0.3, 0.4) is 0 Å². The molecule has 31 heavy (non-hydrogen) atoms. The van der Waals surface area contributed by atoms with Crippen LogP contribution in [0.1, 0.15) is 55.2 Å². The number of nitrogens with zero attached hydrogens (tertiary/aromatic N) is 5. The molecule has 6 nitrogen and oxygen atoms in total. The first-order valence-corrected chi connectivity index (χ1v) is 10.9. The highest BCUT2D eigenvalue weighted by molar-refractivity contribution is 5.90. The molecule has 160 valence electrons. The summed E-state index contributed by atoms with van der Waals surface area (Å²) in [7, 11) is 0. The number of nitriles is 1. The second-order valence-electron chi connectivity index (χ2n) is 8.23. The van der Waals surface area contributed by atoms with Gasteiger partial charge in [0.15, 0.2) is 12.3 Å². The highest BCUT2D eigenvalue weighted by Gasteiger charge is 2.23. The third kappa shape index (κ3) is 3.34. The lowest BCUT2D eigenvalue weighted by molar-refractivity contribution is 0.369. The topological polar surface area (TPSA) is 68.1 Å². The zero-order valence-corrected chi connectivity index (χ0v) is 19.2. The van der Waals surface area contributed by atoms with Gasteiger partial charge in [0.1, 0.15) is 17.5 Å². The molecular formula is C25H29N5O. The monoisotopic (exact) mass is 415 g/mol. The first-order chi connectivity index (χ1) is 14.9. The Hall–Kier alpha value is -3.33. The van der Waals surface area contributed by atoms with E-state index >= 15 is 0 Å². The maximum Gasteiger partial charge on any atom is 0.174 e. The van der Waals surface area contributed by atoms with Gasteiger partial charge in [0.25, 0.3) is 0 Å². The number of fused-ring (bicyclic) bond motifs is 3. The molecule has 3 aromatic heterocycles. The number of hydrogen-bond donors (Lipinski definition) is 0. The second kappa shape index (κ2) is 8.07. The van der Waals surface area contributed by atoms with E-state index in [0.29, 0.717) is 11.8 Å². The summed E-state index contributed by atoms with van der Waals surface area (Å²) in [6, 6.07) is 8.75. The molecule has 0 bridgehead atoms. The number of hydrogen-bond acceptors (Lipinski definition) is 4. The van der Waals surface area contributed by atoms with Gasteiger partial charge in [-0.25, -0.2) is 4.98 Å². The number of ether oxygens (including phenoxy) is 1. The average Bonchev–Trinajstić information content (AvgIpc) is 3.30. The number of rotatable bonds is 6. The summed E-state index contributed by atoms with van der Waals surface area (Å²) in [5.41, 5.74) is 7.88. The molecule has 0 aliphatic rings. The lowest BCUT2D eigenvalue weighted by Crippen LogP contribution is -2.09. The van der Waals surface area contributed by atoms with Gasteiger partial charge in [-0.15, -0.1) is 0 Å². The van der Waals surface area contributed by atoms with Crippen molar-refractivity contribution in [1.29, 1.82) is 5.26 Å². The zero-order valence-electron chi connectivity index (χ0n) is 19.2. The van der Waals surface area contributed by atoms with Crippen molar-refractivity contribution in [3.8, 4) is 22.9 Å². The van der Waals surface area contributed by atoms with Crippen LogP contribution in [0.4, 0.5) is 0 Å². The summed E-state index contributed by atoms with van der Waals surface area (Å²) in [5, 5.41) is 15.1. The Kier molecular flexibility index (Phi) is 5.45. The van der Waals surface area contributed by atoms with E-state index in [-0.39, 0.29) is 6.61 Å². The van der Waals surface area contributed by atoms with Crippen molar-refractivity contribution < 1.29 is 4.74 Å². The largest absolute Gasteiger partial charge is 0.478 e. The third-order valence-corrected chi connectivity index (χ3v) is 6.11. The van der Waals surface area contributed by atoms with Gasteiger partial charge >= 0.3 is 0 Å². The van der Waals surface area contributed by atoms with E-state index < -0.39 is 0 Å². The van der Waals surface area contributed by atoms with Gasteiger partial charge in [-0.2, -0.15) is 14.9 Å². The first-order valence-electron chi connectivity index (χ1n) is 10.9. The minimum absolute atomic E-state index is 0.00237. The summed E-state index contributed by atoms with van der Waals surface area (Å²) in [5.74, 6) is 0.701. The summed E-state index contributed by atoms with van der Waals surface area (Å²) in [6.45, 7) is 12.6. The fourth-order valence-corrected chi connectivity index (χ4v) is 4.67. The molecule has 0 fully saturated rings. The molecule has 0 atom stereocenters. The third-order valence-electron chi connectivity index (χ3n) is 6.11. The van der Waals surface area contributed by atoms with Crippen molar-refractivity contribution in [3.63, 3.8) is 0 Å². The Morgan fingerprint density at radius 1 is 1.06 bits per heavy atom. The summed E-state index contributed by atoms with van der Waals surface area (Å²) < 4.78 is 10.2. The van der Waals surface area contributed by atoms with Crippen molar-refractivity contribution in [2.24, 2.45) is 0 Å². The Labute approximate surface area is 183 Å². The number of benzene rings is 1. The minimum atomic E-state index is 0.00237. The molecule has 4 rings (SSSR count). The van der Waals surface area contributed by atoms with Crippen molar-refractivity contribution in [2.45, 2.75) is 60.4 Å². The normalized spacial score (nSPS) is 11.5. The zero-order chi connectivity index (χ0) is 22.3. The lowest BCUT2D eigenvalue weighted by atomic mass is 9.97. The van der Waals surface area contributed by atoms with Crippen molar-refractivity contribution in [3.05, 3.63) is 46.9 Å². The minimum Gasteiger partial charge on any atom is -0.478 e. The predicted octanol–water partition coefficient (Wildman–Crippen LogP) is 5.85. The van der Waals surface area contributed by atoms with Gasteiger partial charge in [0.05, 0.1) is 17.0 Å². The van der Waals surface area contributed by atoms with Gasteiger partial charge < -0.3 is 9.30 Å². The molecule has 0 aliphatic heterocycles. The van der Waals surface area contributed by atoms with Crippen LogP contribution >= 0.6 is 0 Å². The molecule has 1 aromatic carbocycles. The second-order valence-corrected chi connectivity index (χ2v) is 8.23. The maximum absolute atomic E-state index is 9.07. The number of aromatic nitrogens is 4. The highest BCUT2D eigenvalue weighted by Crippen LogP contribution is 2.39. The lowest BCUT2D eigenvalue weighted by Gasteiger charge is -2.17. The van der Waals surface area contributed by atoms with Gasteiger partial charge in [0.2, 0.25) is 0 Å². The van der Waals surface area contributed by atoms with Crippen LogP contribution in [0.2, 0.25) is 0 Å². The van der Waals surface area contributed by atoms with E-state index in [1.807, 2.05) is 24.4 Å². The Bertz CT molecular complexity index is 1320. The van der Waals surface area contributed by atoms with E-state index in [4.69, 9.17) is 20.1 Å². The Morgan fingerprint density at radius 3 is 2.48 bits per heavy atom. The summed E-state index contributed by atoms with van der Waals surface area (Å²) in [6.07, 6.45) is 4.27. The van der Waals surface area contributed by atoms with E-state index in [0.717, 1.165) is 63.2 Å². The van der Waals surface area contributed by atoms with Gasteiger partial charge in [-0.3, -0.25) is 0 Å². The molecule has 0 radical (unpaired) electrons. The first kappa shape index (κ1) is 20.9. The molecule has 0 saturated carbocycles. The molecule has 3 heterocycles. The van der Waals surface area contributed by atoms with Crippen LogP contribution in [-0.2, 0) is 0 Å². The van der Waals surface area contributed by atoms with E-state index in [2.05, 4.69) is 56.7 Å². The Morgan fingerprint density at radius 2 is 1.81 bits per heavy atom. The summed E-state index contributed by atoms with van der Waals surface area (Å²) in [4.78, 5) is 4.98. The van der Waals surface area contributed by atoms with Crippen LogP contribution < -0.4 is 4.74 Å². The highest BCUT2D eigenvalue weighted by atomic mass is 16.5.